The second kappa shape index (κ2) is 5.53. The maximum atomic E-state index is 2.32. The van der Waals surface area contributed by atoms with Crippen molar-refractivity contribution >= 4 is 5.69 Å². The molecule has 0 heterocycles. The highest BCUT2D eigenvalue weighted by atomic mass is 15.1. The van der Waals surface area contributed by atoms with Crippen LogP contribution in [0, 0.1) is 6.92 Å². The molecule has 2 aromatic carbocycles. The summed E-state index contributed by atoms with van der Waals surface area (Å²) in [5.74, 6) is 0. The Labute approximate surface area is 104 Å². The number of aryl methyl sites for hydroxylation is 1. The van der Waals surface area contributed by atoms with E-state index in [4.69, 9.17) is 0 Å². The number of likely N-dealkylation sites (N-methyl/N-ethyl adjacent to an activating group) is 1. The van der Waals surface area contributed by atoms with E-state index in [1.165, 1.54) is 16.8 Å². The van der Waals surface area contributed by atoms with Crippen molar-refractivity contribution in [1.29, 1.82) is 0 Å². The van der Waals surface area contributed by atoms with Crippen LogP contribution in [0.1, 0.15) is 11.1 Å². The van der Waals surface area contributed by atoms with E-state index in [9.17, 15) is 0 Å². The summed E-state index contributed by atoms with van der Waals surface area (Å²) in [6, 6.07) is 19.2. The Kier molecular flexibility index (Phi) is 3.81. The molecular weight excluding hydrogens is 206 g/mol. The molecule has 0 atom stereocenters. The lowest BCUT2D eigenvalue weighted by molar-refractivity contribution is 0.873. The third-order valence-electron chi connectivity index (χ3n) is 3.11. The largest absolute Gasteiger partial charge is 0.374 e. The average molecular weight is 225 g/mol. The first-order valence-electron chi connectivity index (χ1n) is 6.08. The van der Waals surface area contributed by atoms with Gasteiger partial charge >= 0.3 is 0 Å². The van der Waals surface area contributed by atoms with Gasteiger partial charge in [-0.05, 0) is 30.5 Å². The van der Waals surface area contributed by atoms with Crippen molar-refractivity contribution in [2.24, 2.45) is 0 Å². The third kappa shape index (κ3) is 3.10. The van der Waals surface area contributed by atoms with Gasteiger partial charge in [-0.3, -0.25) is 0 Å². The number of rotatable bonds is 4. The number of hydrogen-bond donors (Lipinski definition) is 0. The molecule has 0 saturated heterocycles. The fourth-order valence-corrected chi connectivity index (χ4v) is 2.05. The van der Waals surface area contributed by atoms with Crippen LogP contribution in [-0.2, 0) is 6.42 Å². The second-order valence-electron chi connectivity index (χ2n) is 4.44. The molecule has 1 nitrogen and oxygen atoms in total. The molecule has 0 radical (unpaired) electrons. The zero-order valence-electron chi connectivity index (χ0n) is 10.6. The molecule has 88 valence electrons. The first kappa shape index (κ1) is 11.7. The van der Waals surface area contributed by atoms with Crippen molar-refractivity contribution in [3.8, 4) is 0 Å². The van der Waals surface area contributed by atoms with Gasteiger partial charge < -0.3 is 4.90 Å². The van der Waals surface area contributed by atoms with Gasteiger partial charge in [0.05, 0.1) is 0 Å². The Morgan fingerprint density at radius 1 is 0.882 bits per heavy atom. The molecule has 0 aromatic heterocycles. The summed E-state index contributed by atoms with van der Waals surface area (Å²) in [4.78, 5) is 2.32. The number of anilines is 1. The molecule has 17 heavy (non-hydrogen) atoms. The Hall–Kier alpha value is -1.76. The van der Waals surface area contributed by atoms with Gasteiger partial charge in [-0.15, -0.1) is 0 Å². The van der Waals surface area contributed by atoms with Crippen molar-refractivity contribution in [3.63, 3.8) is 0 Å². The van der Waals surface area contributed by atoms with Crippen molar-refractivity contribution in [2.75, 3.05) is 18.5 Å². The topological polar surface area (TPSA) is 3.24 Å². The molecule has 0 saturated carbocycles. The molecule has 0 unspecified atom stereocenters. The molecule has 0 aliphatic carbocycles. The average Bonchev–Trinajstić information content (AvgIpc) is 2.38. The SMILES string of the molecule is Cc1ccccc1N(C)CCc1ccccc1. The van der Waals surface area contributed by atoms with Crippen LogP contribution in [0.15, 0.2) is 54.6 Å². The molecule has 2 rings (SSSR count). The predicted molar refractivity (Wildman–Crippen MR) is 74.6 cm³/mol. The summed E-state index contributed by atoms with van der Waals surface area (Å²) in [7, 11) is 2.16. The van der Waals surface area contributed by atoms with Crippen LogP contribution in [0.5, 0.6) is 0 Å². The molecule has 1 heteroatoms. The standard InChI is InChI=1S/C16H19N/c1-14-8-6-7-11-16(14)17(2)13-12-15-9-4-3-5-10-15/h3-11H,12-13H2,1-2H3. The molecular formula is C16H19N. The van der Waals surface area contributed by atoms with Crippen LogP contribution in [0.2, 0.25) is 0 Å². The maximum absolute atomic E-state index is 2.32. The zero-order chi connectivity index (χ0) is 12.1. The number of hydrogen-bond acceptors (Lipinski definition) is 1. The number of nitrogens with zero attached hydrogens (tertiary/aromatic N) is 1. The summed E-state index contributed by atoms with van der Waals surface area (Å²) < 4.78 is 0. The molecule has 0 spiro atoms. The molecule has 0 bridgehead atoms. The number of benzene rings is 2. The molecule has 0 aliphatic heterocycles. The lowest BCUT2D eigenvalue weighted by Gasteiger charge is -2.21. The quantitative estimate of drug-likeness (QED) is 0.767. The van der Waals surface area contributed by atoms with Crippen LogP contribution >= 0.6 is 0 Å². The molecule has 0 fully saturated rings. The van der Waals surface area contributed by atoms with Crippen molar-refractivity contribution in [1.82, 2.24) is 0 Å². The Bertz CT molecular complexity index is 462. The van der Waals surface area contributed by atoms with Crippen LogP contribution in [-0.4, -0.2) is 13.6 Å². The summed E-state index contributed by atoms with van der Waals surface area (Å²) >= 11 is 0. The zero-order valence-corrected chi connectivity index (χ0v) is 10.6. The van der Waals surface area contributed by atoms with E-state index < -0.39 is 0 Å². The van der Waals surface area contributed by atoms with Crippen LogP contribution in [0.3, 0.4) is 0 Å². The van der Waals surface area contributed by atoms with Gasteiger partial charge in [-0.1, -0.05) is 48.5 Å². The normalized spacial score (nSPS) is 10.2. The second-order valence-corrected chi connectivity index (χ2v) is 4.44. The third-order valence-corrected chi connectivity index (χ3v) is 3.11. The van der Waals surface area contributed by atoms with E-state index in [1.807, 2.05) is 0 Å². The van der Waals surface area contributed by atoms with Gasteiger partial charge in [0.2, 0.25) is 0 Å². The van der Waals surface area contributed by atoms with Gasteiger partial charge in [-0.2, -0.15) is 0 Å². The maximum Gasteiger partial charge on any atom is 0.0393 e. The highest BCUT2D eigenvalue weighted by molar-refractivity contribution is 5.52. The predicted octanol–water partition coefficient (Wildman–Crippen LogP) is 3.67. The molecule has 0 amide bonds. The summed E-state index contributed by atoms with van der Waals surface area (Å²) in [6.45, 7) is 3.21. The highest BCUT2D eigenvalue weighted by Crippen LogP contribution is 2.17. The fraction of sp³-hybridized carbons (Fsp3) is 0.250. The summed E-state index contributed by atoms with van der Waals surface area (Å²) in [6.07, 6.45) is 1.09. The molecule has 0 aliphatic rings. The Morgan fingerprint density at radius 2 is 1.53 bits per heavy atom. The van der Waals surface area contributed by atoms with Crippen LogP contribution < -0.4 is 4.90 Å². The van der Waals surface area contributed by atoms with E-state index in [0.29, 0.717) is 0 Å². The van der Waals surface area contributed by atoms with E-state index in [1.54, 1.807) is 0 Å². The van der Waals surface area contributed by atoms with Gasteiger partial charge in [0, 0.05) is 19.3 Å². The monoisotopic (exact) mass is 225 g/mol. The number of para-hydroxylation sites is 1. The molecule has 2 aromatic rings. The minimum absolute atomic E-state index is 1.05. The Morgan fingerprint density at radius 3 is 2.24 bits per heavy atom. The van der Waals surface area contributed by atoms with Crippen LogP contribution in [0.25, 0.3) is 0 Å². The van der Waals surface area contributed by atoms with E-state index in [-0.39, 0.29) is 0 Å². The minimum atomic E-state index is 1.05. The Balaban J connectivity index is 1.99. The first-order chi connectivity index (χ1) is 8.27. The van der Waals surface area contributed by atoms with Gasteiger partial charge in [0.1, 0.15) is 0 Å². The van der Waals surface area contributed by atoms with Gasteiger partial charge in [0.25, 0.3) is 0 Å². The lowest BCUT2D eigenvalue weighted by atomic mass is 10.1. The fourth-order valence-electron chi connectivity index (χ4n) is 2.05. The van der Waals surface area contributed by atoms with Crippen LogP contribution in [0.4, 0.5) is 5.69 Å². The smallest absolute Gasteiger partial charge is 0.0393 e. The van der Waals surface area contributed by atoms with Crippen molar-refractivity contribution < 1.29 is 0 Å². The van der Waals surface area contributed by atoms with E-state index in [0.717, 1.165) is 13.0 Å². The van der Waals surface area contributed by atoms with Gasteiger partial charge in [-0.25, -0.2) is 0 Å². The van der Waals surface area contributed by atoms with Crippen molar-refractivity contribution in [2.45, 2.75) is 13.3 Å². The van der Waals surface area contributed by atoms with Gasteiger partial charge in [0.15, 0.2) is 0 Å². The summed E-state index contributed by atoms with van der Waals surface area (Å²) in [5.41, 5.74) is 4.06. The first-order valence-corrected chi connectivity index (χ1v) is 6.08. The van der Waals surface area contributed by atoms with E-state index in [2.05, 4.69) is 73.5 Å². The lowest BCUT2D eigenvalue weighted by Crippen LogP contribution is -2.21. The van der Waals surface area contributed by atoms with Crippen molar-refractivity contribution in [3.05, 3.63) is 65.7 Å². The highest BCUT2D eigenvalue weighted by Gasteiger charge is 2.03. The van der Waals surface area contributed by atoms with E-state index >= 15 is 0 Å². The molecule has 0 N–H and O–H groups in total. The summed E-state index contributed by atoms with van der Waals surface area (Å²) in [5, 5.41) is 0. The minimum Gasteiger partial charge on any atom is -0.374 e.